The minimum absolute atomic E-state index is 0.0662. The summed E-state index contributed by atoms with van der Waals surface area (Å²) in [6.45, 7) is 1.73. The summed E-state index contributed by atoms with van der Waals surface area (Å²) in [5.41, 5.74) is 0.454. The van der Waals surface area contributed by atoms with Crippen LogP contribution in [0, 0.1) is 6.92 Å². The first-order valence-corrected chi connectivity index (χ1v) is 10.2. The van der Waals surface area contributed by atoms with E-state index < -0.39 is 27.4 Å². The summed E-state index contributed by atoms with van der Waals surface area (Å²) >= 11 is 0. The van der Waals surface area contributed by atoms with E-state index in [9.17, 15) is 18.0 Å². The van der Waals surface area contributed by atoms with Crippen molar-refractivity contribution in [1.82, 2.24) is 5.32 Å². The zero-order valence-electron chi connectivity index (χ0n) is 15.3. The lowest BCUT2D eigenvalue weighted by atomic mass is 10.0. The molecule has 1 aromatic carbocycles. The first-order chi connectivity index (χ1) is 12.8. The molecule has 1 aromatic heterocycles. The summed E-state index contributed by atoms with van der Waals surface area (Å²) in [4.78, 5) is 24.8. The second-order valence-corrected chi connectivity index (χ2v) is 8.74. The number of hydrogen-bond acceptors (Lipinski definition) is 7. The number of fused-ring (bicyclic) bond motifs is 1. The largest absolute Gasteiger partial charge is 0.493 e. The van der Waals surface area contributed by atoms with Crippen LogP contribution >= 0.6 is 0 Å². The molecule has 9 heteroatoms. The summed E-state index contributed by atoms with van der Waals surface area (Å²) < 4.78 is 38.9. The highest BCUT2D eigenvalue weighted by Crippen LogP contribution is 2.36. The molecular weight excluding hydrogens is 374 g/mol. The van der Waals surface area contributed by atoms with E-state index in [-0.39, 0.29) is 29.1 Å². The second kappa shape index (κ2) is 7.22. The number of amides is 1. The lowest BCUT2D eigenvalue weighted by Gasteiger charge is -2.14. The highest BCUT2D eigenvalue weighted by molar-refractivity contribution is 7.91. The van der Waals surface area contributed by atoms with Crippen molar-refractivity contribution >= 4 is 26.7 Å². The number of aryl methyl sites for hydroxylation is 1. The van der Waals surface area contributed by atoms with Crippen molar-refractivity contribution < 1.29 is 27.1 Å². The quantitative estimate of drug-likeness (QED) is 0.751. The van der Waals surface area contributed by atoms with E-state index in [0.29, 0.717) is 28.9 Å². The van der Waals surface area contributed by atoms with Gasteiger partial charge in [0, 0.05) is 11.4 Å². The number of ether oxygens (including phenoxy) is 2. The second-order valence-electron chi connectivity index (χ2n) is 6.52. The average Bonchev–Trinajstić information content (AvgIpc) is 2.95. The molecule has 0 radical (unpaired) electrons. The molecule has 1 aliphatic rings. The van der Waals surface area contributed by atoms with Crippen LogP contribution in [0.2, 0.25) is 0 Å². The first-order valence-electron chi connectivity index (χ1n) is 8.42. The van der Waals surface area contributed by atoms with Crippen LogP contribution in [-0.2, 0) is 21.1 Å². The third-order valence-electron chi connectivity index (χ3n) is 4.73. The molecule has 1 atom stereocenters. The van der Waals surface area contributed by atoms with Gasteiger partial charge in [-0.05, 0) is 31.0 Å². The molecule has 0 saturated carbocycles. The van der Waals surface area contributed by atoms with Crippen molar-refractivity contribution in [1.29, 1.82) is 0 Å². The molecule has 0 aliphatic carbocycles. The molecule has 2 aromatic rings. The van der Waals surface area contributed by atoms with Gasteiger partial charge < -0.3 is 19.2 Å². The first kappa shape index (κ1) is 19.2. The summed E-state index contributed by atoms with van der Waals surface area (Å²) in [7, 11) is -0.163. The Bertz CT molecular complexity index is 1060. The number of methoxy groups -OCH3 is 2. The van der Waals surface area contributed by atoms with E-state index in [4.69, 9.17) is 13.9 Å². The van der Waals surface area contributed by atoms with Gasteiger partial charge in [0.15, 0.2) is 21.2 Å². The molecule has 3 rings (SSSR count). The maximum absolute atomic E-state index is 12.5. The molecule has 1 unspecified atom stereocenters. The van der Waals surface area contributed by atoms with Gasteiger partial charge in [0.2, 0.25) is 11.7 Å². The van der Waals surface area contributed by atoms with Gasteiger partial charge in [-0.2, -0.15) is 0 Å². The predicted molar refractivity (Wildman–Crippen MR) is 99.2 cm³/mol. The number of rotatable bonds is 5. The monoisotopic (exact) mass is 395 g/mol. The van der Waals surface area contributed by atoms with E-state index >= 15 is 0 Å². The molecule has 0 bridgehead atoms. The van der Waals surface area contributed by atoms with E-state index in [2.05, 4.69) is 5.32 Å². The van der Waals surface area contributed by atoms with Crippen molar-refractivity contribution in [3.8, 4) is 11.5 Å². The molecule has 8 nitrogen and oxygen atoms in total. The van der Waals surface area contributed by atoms with Gasteiger partial charge in [-0.15, -0.1) is 0 Å². The smallest absolute Gasteiger partial charge is 0.340 e. The number of carbonyl (C=O) groups excluding carboxylic acids is 1. The molecule has 1 N–H and O–H groups in total. The third kappa shape index (κ3) is 3.78. The lowest BCUT2D eigenvalue weighted by molar-refractivity contribution is -0.121. The van der Waals surface area contributed by atoms with Crippen LogP contribution in [0.1, 0.15) is 17.5 Å². The van der Waals surface area contributed by atoms with Crippen molar-refractivity contribution in [3.05, 3.63) is 33.7 Å². The Morgan fingerprint density at radius 1 is 1.30 bits per heavy atom. The molecule has 0 spiro atoms. The zero-order chi connectivity index (χ0) is 19.8. The van der Waals surface area contributed by atoms with Crippen molar-refractivity contribution in [3.63, 3.8) is 0 Å². The highest BCUT2D eigenvalue weighted by atomic mass is 32.2. The van der Waals surface area contributed by atoms with Crippen LogP contribution < -0.4 is 20.4 Å². The molecule has 27 heavy (non-hydrogen) atoms. The molecule has 146 valence electrons. The Morgan fingerprint density at radius 2 is 2.04 bits per heavy atom. The van der Waals surface area contributed by atoms with Gasteiger partial charge in [-0.25, -0.2) is 13.2 Å². The highest BCUT2D eigenvalue weighted by Gasteiger charge is 2.29. The van der Waals surface area contributed by atoms with Gasteiger partial charge in [-0.1, -0.05) is 0 Å². The Labute approximate surface area is 156 Å². The van der Waals surface area contributed by atoms with Gasteiger partial charge in [0.25, 0.3) is 0 Å². The predicted octanol–water partition coefficient (Wildman–Crippen LogP) is 0.964. The summed E-state index contributed by atoms with van der Waals surface area (Å²) in [5, 5.41) is 3.32. The Morgan fingerprint density at radius 3 is 2.63 bits per heavy atom. The minimum atomic E-state index is -3.09. The number of carbonyl (C=O) groups is 1. The van der Waals surface area contributed by atoms with E-state index in [1.807, 2.05) is 0 Å². The SMILES string of the molecule is COc1ccc2c(C)c(CC(=O)NC3CCS(=O)(=O)C3)c(=O)oc2c1OC. The third-order valence-corrected chi connectivity index (χ3v) is 6.50. The summed E-state index contributed by atoms with van der Waals surface area (Å²) in [6, 6.07) is 3.01. The van der Waals surface area contributed by atoms with Crippen LogP contribution in [0.15, 0.2) is 21.3 Å². The topological polar surface area (TPSA) is 112 Å². The summed E-state index contributed by atoms with van der Waals surface area (Å²) in [6.07, 6.45) is 0.200. The van der Waals surface area contributed by atoms with Crippen molar-refractivity contribution in [2.75, 3.05) is 25.7 Å². The van der Waals surface area contributed by atoms with E-state index in [1.165, 1.54) is 14.2 Å². The minimum Gasteiger partial charge on any atom is -0.493 e. The van der Waals surface area contributed by atoms with Crippen LogP contribution in [0.25, 0.3) is 11.0 Å². The van der Waals surface area contributed by atoms with Gasteiger partial charge in [-0.3, -0.25) is 4.79 Å². The maximum Gasteiger partial charge on any atom is 0.340 e. The molecular formula is C18H21NO7S. The zero-order valence-corrected chi connectivity index (χ0v) is 16.1. The van der Waals surface area contributed by atoms with Crippen molar-refractivity contribution in [2.45, 2.75) is 25.8 Å². The molecule has 2 heterocycles. The maximum atomic E-state index is 12.5. The number of sulfone groups is 1. The lowest BCUT2D eigenvalue weighted by Crippen LogP contribution is -2.37. The van der Waals surface area contributed by atoms with Crippen LogP contribution in [0.3, 0.4) is 0 Å². The number of nitrogens with one attached hydrogen (secondary N) is 1. The average molecular weight is 395 g/mol. The van der Waals surface area contributed by atoms with Crippen LogP contribution in [-0.4, -0.2) is 46.1 Å². The number of hydrogen-bond donors (Lipinski definition) is 1. The number of benzene rings is 1. The van der Waals surface area contributed by atoms with Gasteiger partial charge in [0.05, 0.1) is 37.7 Å². The van der Waals surface area contributed by atoms with Crippen molar-refractivity contribution in [2.24, 2.45) is 0 Å². The van der Waals surface area contributed by atoms with E-state index in [1.54, 1.807) is 19.1 Å². The normalized spacial score (nSPS) is 18.4. The van der Waals surface area contributed by atoms with E-state index in [0.717, 1.165) is 0 Å². The fourth-order valence-corrected chi connectivity index (χ4v) is 4.99. The fraction of sp³-hybridized carbons (Fsp3) is 0.444. The molecule has 1 fully saturated rings. The Kier molecular flexibility index (Phi) is 5.14. The molecule has 1 amide bonds. The summed E-state index contributed by atoms with van der Waals surface area (Å²) in [5.74, 6) is 0.327. The van der Waals surface area contributed by atoms with Crippen LogP contribution in [0.5, 0.6) is 11.5 Å². The standard InChI is InChI=1S/C18H21NO7S/c1-10-12-4-5-14(24-2)17(25-3)16(12)26-18(21)13(10)8-15(20)19-11-6-7-27(22,23)9-11/h4-5,11H,6-9H2,1-3H3,(H,19,20). The van der Waals surface area contributed by atoms with Gasteiger partial charge in [0.1, 0.15) is 0 Å². The Balaban J connectivity index is 1.91. The Hall–Kier alpha value is -2.55. The molecule has 1 aliphatic heterocycles. The molecule has 1 saturated heterocycles. The van der Waals surface area contributed by atoms with Crippen LogP contribution in [0.4, 0.5) is 0 Å². The fourth-order valence-electron chi connectivity index (χ4n) is 3.32. The van der Waals surface area contributed by atoms with Gasteiger partial charge >= 0.3 is 5.63 Å².